The number of aromatic nitrogens is 3. The summed E-state index contributed by atoms with van der Waals surface area (Å²) in [5.74, 6) is -0.884. The predicted molar refractivity (Wildman–Crippen MR) is 80.7 cm³/mol. The van der Waals surface area contributed by atoms with Crippen LogP contribution in [-0.4, -0.2) is 14.5 Å². The second-order valence-electron chi connectivity index (χ2n) is 4.50. The van der Waals surface area contributed by atoms with E-state index in [0.29, 0.717) is 16.9 Å². The molecule has 3 rings (SSSR count). The predicted octanol–water partition coefficient (Wildman–Crippen LogP) is 4.76. The SMILES string of the molecule is CC(Cl)c1nc2cnccc2n1-c1cc(Br)c(F)cc1F. The van der Waals surface area contributed by atoms with Crippen molar-refractivity contribution in [1.29, 1.82) is 0 Å². The molecule has 0 fully saturated rings. The van der Waals surface area contributed by atoms with E-state index in [2.05, 4.69) is 25.9 Å². The van der Waals surface area contributed by atoms with Gasteiger partial charge in [-0.25, -0.2) is 13.8 Å². The zero-order valence-electron chi connectivity index (χ0n) is 10.8. The molecule has 1 unspecified atom stereocenters. The summed E-state index contributed by atoms with van der Waals surface area (Å²) in [5, 5.41) is -0.444. The first-order valence-corrected chi connectivity index (χ1v) is 7.33. The van der Waals surface area contributed by atoms with Gasteiger partial charge < -0.3 is 0 Å². The van der Waals surface area contributed by atoms with Crippen molar-refractivity contribution in [1.82, 2.24) is 14.5 Å². The van der Waals surface area contributed by atoms with Gasteiger partial charge >= 0.3 is 0 Å². The molecule has 0 amide bonds. The molecule has 0 radical (unpaired) electrons. The minimum Gasteiger partial charge on any atom is -0.292 e. The molecular weight excluding hydrogens is 364 g/mol. The Labute approximate surface area is 132 Å². The lowest BCUT2D eigenvalue weighted by Gasteiger charge is -2.12. The number of pyridine rings is 1. The van der Waals surface area contributed by atoms with Crippen molar-refractivity contribution >= 4 is 38.6 Å². The van der Waals surface area contributed by atoms with E-state index in [1.165, 1.54) is 6.07 Å². The standard InChI is InChI=1S/C14H9BrClF2N3/c1-7(16)14-20-11-6-19-3-2-12(11)21(14)13-4-8(15)9(17)5-10(13)18/h2-7H,1H3. The fraction of sp³-hybridized carbons (Fsp3) is 0.143. The molecule has 0 aliphatic heterocycles. The monoisotopic (exact) mass is 371 g/mol. The summed E-state index contributed by atoms with van der Waals surface area (Å²) in [6.45, 7) is 1.74. The summed E-state index contributed by atoms with van der Waals surface area (Å²) in [4.78, 5) is 8.37. The first-order valence-electron chi connectivity index (χ1n) is 6.10. The van der Waals surface area contributed by atoms with E-state index in [1.807, 2.05) is 0 Å². The van der Waals surface area contributed by atoms with Gasteiger partial charge in [-0.2, -0.15) is 0 Å². The van der Waals surface area contributed by atoms with Crippen molar-refractivity contribution in [3.8, 4) is 5.69 Å². The van der Waals surface area contributed by atoms with E-state index in [1.54, 1.807) is 30.0 Å². The number of rotatable bonds is 2. The number of alkyl halides is 1. The van der Waals surface area contributed by atoms with Gasteiger partial charge in [0.05, 0.1) is 27.3 Å². The average Bonchev–Trinajstić information content (AvgIpc) is 2.82. The van der Waals surface area contributed by atoms with Gasteiger partial charge in [0.25, 0.3) is 0 Å². The Bertz CT molecular complexity index is 832. The highest BCUT2D eigenvalue weighted by molar-refractivity contribution is 9.10. The summed E-state index contributed by atoms with van der Waals surface area (Å²) in [6, 6.07) is 3.91. The van der Waals surface area contributed by atoms with Gasteiger partial charge in [-0.1, -0.05) is 0 Å². The zero-order chi connectivity index (χ0) is 15.1. The van der Waals surface area contributed by atoms with Crippen LogP contribution >= 0.6 is 27.5 Å². The molecule has 0 spiro atoms. The highest BCUT2D eigenvalue weighted by Gasteiger charge is 2.20. The lowest BCUT2D eigenvalue weighted by molar-refractivity contribution is 0.573. The Morgan fingerprint density at radius 2 is 2.05 bits per heavy atom. The molecule has 0 bridgehead atoms. The third-order valence-corrected chi connectivity index (χ3v) is 3.87. The van der Waals surface area contributed by atoms with Crippen LogP contribution in [0.25, 0.3) is 16.7 Å². The molecule has 1 atom stereocenters. The molecule has 2 aromatic heterocycles. The van der Waals surface area contributed by atoms with Gasteiger partial charge in [-0.15, -0.1) is 11.6 Å². The Morgan fingerprint density at radius 3 is 2.76 bits per heavy atom. The van der Waals surface area contributed by atoms with Crippen molar-refractivity contribution in [2.45, 2.75) is 12.3 Å². The number of fused-ring (bicyclic) bond motifs is 1. The molecule has 0 aliphatic carbocycles. The second kappa shape index (κ2) is 5.35. The molecule has 0 N–H and O–H groups in total. The number of benzene rings is 1. The Kier molecular flexibility index (Phi) is 3.67. The van der Waals surface area contributed by atoms with Gasteiger partial charge in [0.15, 0.2) is 0 Å². The lowest BCUT2D eigenvalue weighted by Crippen LogP contribution is -2.05. The van der Waals surface area contributed by atoms with Crippen LogP contribution in [0.15, 0.2) is 35.1 Å². The fourth-order valence-corrected chi connectivity index (χ4v) is 2.63. The summed E-state index contributed by atoms with van der Waals surface area (Å²) < 4.78 is 29.4. The fourth-order valence-electron chi connectivity index (χ4n) is 2.15. The average molecular weight is 373 g/mol. The maximum Gasteiger partial charge on any atom is 0.150 e. The summed E-state index contributed by atoms with van der Waals surface area (Å²) in [6.07, 6.45) is 3.16. The minimum atomic E-state index is -0.689. The minimum absolute atomic E-state index is 0.169. The molecule has 21 heavy (non-hydrogen) atoms. The van der Waals surface area contributed by atoms with Crippen molar-refractivity contribution in [3.05, 3.63) is 52.5 Å². The van der Waals surface area contributed by atoms with Crippen LogP contribution in [0.4, 0.5) is 8.78 Å². The van der Waals surface area contributed by atoms with Gasteiger partial charge in [0.1, 0.15) is 23.0 Å². The highest BCUT2D eigenvalue weighted by Crippen LogP contribution is 2.31. The number of halogens is 4. The number of hydrogen-bond acceptors (Lipinski definition) is 2. The maximum atomic E-state index is 14.2. The largest absolute Gasteiger partial charge is 0.292 e. The highest BCUT2D eigenvalue weighted by atomic mass is 79.9. The van der Waals surface area contributed by atoms with Crippen molar-refractivity contribution in [2.24, 2.45) is 0 Å². The first-order chi connectivity index (χ1) is 9.99. The molecular formula is C14H9BrClF2N3. The Balaban J connectivity index is 2.38. The number of hydrogen-bond donors (Lipinski definition) is 0. The van der Waals surface area contributed by atoms with E-state index in [4.69, 9.17) is 11.6 Å². The lowest BCUT2D eigenvalue weighted by atomic mass is 10.2. The van der Waals surface area contributed by atoms with Gasteiger partial charge in [-0.3, -0.25) is 9.55 Å². The van der Waals surface area contributed by atoms with Crippen molar-refractivity contribution in [3.63, 3.8) is 0 Å². The molecule has 0 aliphatic rings. The zero-order valence-corrected chi connectivity index (χ0v) is 13.2. The van der Waals surface area contributed by atoms with Crippen LogP contribution in [0.5, 0.6) is 0 Å². The van der Waals surface area contributed by atoms with Crippen LogP contribution < -0.4 is 0 Å². The Hall–Kier alpha value is -1.53. The van der Waals surface area contributed by atoms with E-state index < -0.39 is 17.0 Å². The second-order valence-corrected chi connectivity index (χ2v) is 6.01. The molecule has 2 heterocycles. The third kappa shape index (κ3) is 2.42. The smallest absolute Gasteiger partial charge is 0.150 e. The first kappa shape index (κ1) is 14.4. The normalized spacial score (nSPS) is 12.8. The van der Waals surface area contributed by atoms with Gasteiger partial charge in [0, 0.05) is 12.3 Å². The number of imidazole rings is 1. The third-order valence-electron chi connectivity index (χ3n) is 3.07. The van der Waals surface area contributed by atoms with Crippen LogP contribution in [0.1, 0.15) is 18.1 Å². The van der Waals surface area contributed by atoms with Crippen molar-refractivity contribution < 1.29 is 8.78 Å². The summed E-state index contributed by atoms with van der Waals surface area (Å²) >= 11 is 9.21. The maximum absolute atomic E-state index is 14.2. The van der Waals surface area contributed by atoms with E-state index in [-0.39, 0.29) is 10.2 Å². The summed E-state index contributed by atoms with van der Waals surface area (Å²) in [5.41, 5.74) is 1.43. The molecule has 108 valence electrons. The molecule has 7 heteroatoms. The topological polar surface area (TPSA) is 30.7 Å². The van der Waals surface area contributed by atoms with Crippen LogP contribution in [0.2, 0.25) is 0 Å². The molecule has 3 nitrogen and oxygen atoms in total. The Morgan fingerprint density at radius 1 is 1.29 bits per heavy atom. The molecule has 0 saturated carbocycles. The molecule has 1 aromatic carbocycles. The van der Waals surface area contributed by atoms with Crippen LogP contribution in [0.3, 0.4) is 0 Å². The summed E-state index contributed by atoms with van der Waals surface area (Å²) in [7, 11) is 0. The molecule has 0 saturated heterocycles. The van der Waals surface area contributed by atoms with Crippen molar-refractivity contribution in [2.75, 3.05) is 0 Å². The number of nitrogens with zero attached hydrogens (tertiary/aromatic N) is 3. The van der Waals surface area contributed by atoms with E-state index in [0.717, 1.165) is 6.07 Å². The van der Waals surface area contributed by atoms with E-state index in [9.17, 15) is 8.78 Å². The molecule has 3 aromatic rings. The van der Waals surface area contributed by atoms with Crippen LogP contribution in [0, 0.1) is 11.6 Å². The van der Waals surface area contributed by atoms with E-state index >= 15 is 0 Å². The van der Waals surface area contributed by atoms with Crippen LogP contribution in [-0.2, 0) is 0 Å². The van der Waals surface area contributed by atoms with Gasteiger partial charge in [0.2, 0.25) is 0 Å². The quantitative estimate of drug-likeness (QED) is 0.479. The van der Waals surface area contributed by atoms with Gasteiger partial charge in [-0.05, 0) is 35.0 Å².